The van der Waals surface area contributed by atoms with Gasteiger partial charge in [0.25, 0.3) is 0 Å². The number of benzene rings is 1. The number of para-hydroxylation sites is 1. The lowest BCUT2D eigenvalue weighted by molar-refractivity contribution is 0.692. The summed E-state index contributed by atoms with van der Waals surface area (Å²) in [5.74, 6) is 0. The van der Waals surface area contributed by atoms with E-state index in [1.165, 1.54) is 0 Å². The van der Waals surface area contributed by atoms with Crippen molar-refractivity contribution in [1.82, 2.24) is 15.3 Å². The Kier molecular flexibility index (Phi) is 3.85. The number of hydrogen-bond acceptors (Lipinski definition) is 4. The van der Waals surface area contributed by atoms with Gasteiger partial charge in [-0.1, -0.05) is 30.3 Å². The predicted octanol–water partition coefficient (Wildman–Crippen LogP) is 2.79. The molecule has 0 fully saturated rings. The Hall–Kier alpha value is -2.77. The van der Waals surface area contributed by atoms with Crippen LogP contribution in [0.2, 0.25) is 0 Å². The number of rotatable bonds is 4. The van der Waals surface area contributed by atoms with E-state index in [1.54, 1.807) is 12.4 Å². The van der Waals surface area contributed by atoms with Gasteiger partial charge in [0.2, 0.25) is 0 Å². The van der Waals surface area contributed by atoms with Crippen LogP contribution in [0.5, 0.6) is 0 Å². The van der Waals surface area contributed by atoms with Gasteiger partial charge in [-0.05, 0) is 17.7 Å². The van der Waals surface area contributed by atoms with Crippen molar-refractivity contribution in [1.29, 1.82) is 5.26 Å². The Morgan fingerprint density at radius 3 is 2.52 bits per heavy atom. The standard InChI is InChI=1S/C17H14N4/c18-10-16-14(7-3-8-20-16)11-19-12-15-5-1-4-13-6-2-9-21-17(13)15/h1-9,19H,11-12H2. The first-order valence-corrected chi connectivity index (χ1v) is 6.76. The molecule has 1 aromatic carbocycles. The topological polar surface area (TPSA) is 61.6 Å². The number of nitrogens with zero attached hydrogens (tertiary/aromatic N) is 3. The van der Waals surface area contributed by atoms with E-state index in [1.807, 2.05) is 24.3 Å². The molecule has 2 heterocycles. The lowest BCUT2D eigenvalue weighted by Gasteiger charge is -2.08. The first-order chi connectivity index (χ1) is 10.4. The molecule has 0 amide bonds. The highest BCUT2D eigenvalue weighted by molar-refractivity contribution is 5.81. The molecule has 0 saturated heterocycles. The highest BCUT2D eigenvalue weighted by Gasteiger charge is 2.04. The first-order valence-electron chi connectivity index (χ1n) is 6.76. The molecular formula is C17H14N4. The fourth-order valence-electron chi connectivity index (χ4n) is 2.32. The van der Waals surface area contributed by atoms with E-state index in [0.29, 0.717) is 18.8 Å². The van der Waals surface area contributed by atoms with Gasteiger partial charge in [0.1, 0.15) is 11.8 Å². The summed E-state index contributed by atoms with van der Waals surface area (Å²) in [6.07, 6.45) is 3.44. The summed E-state index contributed by atoms with van der Waals surface area (Å²) < 4.78 is 0. The van der Waals surface area contributed by atoms with Crippen molar-refractivity contribution >= 4 is 10.9 Å². The van der Waals surface area contributed by atoms with Crippen molar-refractivity contribution < 1.29 is 0 Å². The predicted molar refractivity (Wildman–Crippen MR) is 81.2 cm³/mol. The van der Waals surface area contributed by atoms with Gasteiger partial charge >= 0.3 is 0 Å². The van der Waals surface area contributed by atoms with Crippen molar-refractivity contribution in [2.45, 2.75) is 13.1 Å². The van der Waals surface area contributed by atoms with E-state index >= 15 is 0 Å². The van der Waals surface area contributed by atoms with Crippen molar-refractivity contribution in [3.8, 4) is 6.07 Å². The van der Waals surface area contributed by atoms with Crippen LogP contribution in [0.25, 0.3) is 10.9 Å². The van der Waals surface area contributed by atoms with Gasteiger partial charge in [0.05, 0.1) is 5.52 Å². The van der Waals surface area contributed by atoms with Gasteiger partial charge in [-0.2, -0.15) is 5.26 Å². The van der Waals surface area contributed by atoms with Crippen LogP contribution >= 0.6 is 0 Å². The van der Waals surface area contributed by atoms with Crippen LogP contribution < -0.4 is 5.32 Å². The summed E-state index contributed by atoms with van der Waals surface area (Å²) >= 11 is 0. The largest absolute Gasteiger partial charge is 0.308 e. The summed E-state index contributed by atoms with van der Waals surface area (Å²) in [5, 5.41) is 13.5. The van der Waals surface area contributed by atoms with E-state index < -0.39 is 0 Å². The van der Waals surface area contributed by atoms with E-state index in [9.17, 15) is 0 Å². The highest BCUT2D eigenvalue weighted by atomic mass is 14.9. The summed E-state index contributed by atoms with van der Waals surface area (Å²) in [4.78, 5) is 8.50. The number of aromatic nitrogens is 2. The smallest absolute Gasteiger partial charge is 0.144 e. The first kappa shape index (κ1) is 13.2. The molecule has 0 bridgehead atoms. The quantitative estimate of drug-likeness (QED) is 0.794. The molecule has 3 rings (SSSR count). The molecule has 0 radical (unpaired) electrons. The second kappa shape index (κ2) is 6.12. The molecule has 4 heteroatoms. The maximum Gasteiger partial charge on any atom is 0.144 e. The molecule has 0 aliphatic carbocycles. The zero-order valence-corrected chi connectivity index (χ0v) is 11.5. The molecule has 0 spiro atoms. The van der Waals surface area contributed by atoms with Crippen LogP contribution in [0.3, 0.4) is 0 Å². The summed E-state index contributed by atoms with van der Waals surface area (Å²) in [6.45, 7) is 1.31. The average molecular weight is 274 g/mol. The van der Waals surface area contributed by atoms with Gasteiger partial charge in [-0.15, -0.1) is 0 Å². The molecule has 4 nitrogen and oxygen atoms in total. The van der Waals surface area contributed by atoms with Crippen molar-refractivity contribution in [2.75, 3.05) is 0 Å². The van der Waals surface area contributed by atoms with Crippen molar-refractivity contribution in [3.63, 3.8) is 0 Å². The molecule has 0 aliphatic rings. The molecule has 102 valence electrons. The summed E-state index contributed by atoms with van der Waals surface area (Å²) in [5.41, 5.74) is 3.55. The minimum absolute atomic E-state index is 0.473. The molecule has 0 aliphatic heterocycles. The van der Waals surface area contributed by atoms with Gasteiger partial charge in [0.15, 0.2) is 0 Å². The zero-order valence-electron chi connectivity index (χ0n) is 11.5. The summed E-state index contributed by atoms with van der Waals surface area (Å²) in [7, 11) is 0. The third-order valence-corrected chi connectivity index (χ3v) is 3.34. The number of nitriles is 1. The Labute approximate surface area is 123 Å². The van der Waals surface area contributed by atoms with Crippen molar-refractivity contribution in [2.24, 2.45) is 0 Å². The monoisotopic (exact) mass is 274 g/mol. The Morgan fingerprint density at radius 1 is 0.905 bits per heavy atom. The summed E-state index contributed by atoms with van der Waals surface area (Å²) in [6, 6.07) is 16.0. The lowest BCUT2D eigenvalue weighted by Crippen LogP contribution is -2.14. The van der Waals surface area contributed by atoms with Crippen LogP contribution in [-0.2, 0) is 13.1 Å². The van der Waals surface area contributed by atoms with Crippen molar-refractivity contribution in [3.05, 3.63) is 71.7 Å². The molecule has 0 atom stereocenters. The van der Waals surface area contributed by atoms with Gasteiger partial charge < -0.3 is 5.32 Å². The Morgan fingerprint density at radius 2 is 1.62 bits per heavy atom. The van der Waals surface area contributed by atoms with Crippen LogP contribution in [0.1, 0.15) is 16.8 Å². The zero-order chi connectivity index (χ0) is 14.5. The lowest BCUT2D eigenvalue weighted by atomic mass is 10.1. The van der Waals surface area contributed by atoms with Gasteiger partial charge in [-0.3, -0.25) is 4.98 Å². The number of fused-ring (bicyclic) bond motifs is 1. The van der Waals surface area contributed by atoms with E-state index in [-0.39, 0.29) is 0 Å². The van der Waals surface area contributed by atoms with Gasteiger partial charge in [-0.25, -0.2) is 4.98 Å². The second-order valence-corrected chi connectivity index (χ2v) is 4.72. The minimum Gasteiger partial charge on any atom is -0.308 e. The molecule has 0 unspecified atom stereocenters. The number of pyridine rings is 2. The number of nitrogens with one attached hydrogen (secondary N) is 1. The Balaban J connectivity index is 1.74. The van der Waals surface area contributed by atoms with E-state index in [4.69, 9.17) is 5.26 Å². The van der Waals surface area contributed by atoms with Crippen LogP contribution in [0.15, 0.2) is 54.9 Å². The van der Waals surface area contributed by atoms with Crippen LogP contribution in [0.4, 0.5) is 0 Å². The van der Waals surface area contributed by atoms with Gasteiger partial charge in [0, 0.05) is 36.4 Å². The minimum atomic E-state index is 0.473. The maximum absolute atomic E-state index is 9.03. The fraction of sp³-hybridized carbons (Fsp3) is 0.118. The van der Waals surface area contributed by atoms with Crippen LogP contribution in [-0.4, -0.2) is 9.97 Å². The molecular weight excluding hydrogens is 260 g/mol. The molecule has 3 aromatic rings. The second-order valence-electron chi connectivity index (χ2n) is 4.72. The van der Waals surface area contributed by atoms with E-state index in [0.717, 1.165) is 22.0 Å². The number of hydrogen-bond donors (Lipinski definition) is 1. The molecule has 0 saturated carbocycles. The highest BCUT2D eigenvalue weighted by Crippen LogP contribution is 2.15. The normalized spacial score (nSPS) is 10.4. The molecule has 21 heavy (non-hydrogen) atoms. The Bertz CT molecular complexity index is 800. The van der Waals surface area contributed by atoms with Crippen LogP contribution in [0, 0.1) is 11.3 Å². The third kappa shape index (κ3) is 2.88. The third-order valence-electron chi connectivity index (χ3n) is 3.34. The maximum atomic E-state index is 9.03. The SMILES string of the molecule is N#Cc1ncccc1CNCc1cccc2cccnc12. The molecule has 2 aromatic heterocycles. The van der Waals surface area contributed by atoms with E-state index in [2.05, 4.69) is 39.6 Å². The molecule has 1 N–H and O–H groups in total. The average Bonchev–Trinajstić information content (AvgIpc) is 2.55. The fourth-order valence-corrected chi connectivity index (χ4v) is 2.32.